The van der Waals surface area contributed by atoms with Gasteiger partial charge in [-0.05, 0) is 57.2 Å². The summed E-state index contributed by atoms with van der Waals surface area (Å²) in [6, 6.07) is 9.44. The number of likely N-dealkylation sites (tertiary alicyclic amines) is 1. The zero-order valence-electron chi connectivity index (χ0n) is 14.3. The predicted molar refractivity (Wildman–Crippen MR) is 91.0 cm³/mol. The van der Waals surface area contributed by atoms with Gasteiger partial charge >= 0.3 is 0 Å². The third-order valence-corrected chi connectivity index (χ3v) is 4.54. The molecule has 1 fully saturated rings. The monoisotopic (exact) mass is 305 g/mol. The lowest BCUT2D eigenvalue weighted by Gasteiger charge is -2.35. The van der Waals surface area contributed by atoms with E-state index in [4.69, 9.17) is 4.74 Å². The fourth-order valence-electron chi connectivity index (χ4n) is 3.15. The van der Waals surface area contributed by atoms with E-state index in [1.165, 1.54) is 36.9 Å². The van der Waals surface area contributed by atoms with Gasteiger partial charge < -0.3 is 9.84 Å². The number of rotatable bonds is 7. The largest absolute Gasteiger partial charge is 0.390 e. The Balaban J connectivity index is 1.89. The van der Waals surface area contributed by atoms with Gasteiger partial charge in [0.25, 0.3) is 0 Å². The molecule has 124 valence electrons. The quantitative estimate of drug-likeness (QED) is 0.838. The van der Waals surface area contributed by atoms with Crippen LogP contribution in [0.3, 0.4) is 0 Å². The minimum absolute atomic E-state index is 0.564. The van der Waals surface area contributed by atoms with E-state index in [-0.39, 0.29) is 0 Å². The first-order valence-corrected chi connectivity index (χ1v) is 8.51. The first-order chi connectivity index (χ1) is 10.5. The number of nitrogens with zero attached hydrogens (tertiary/aromatic N) is 1. The van der Waals surface area contributed by atoms with Crippen molar-refractivity contribution in [1.82, 2.24) is 4.90 Å². The zero-order valence-corrected chi connectivity index (χ0v) is 14.3. The Hall–Kier alpha value is -0.900. The molecule has 0 aliphatic carbocycles. The SMILES string of the molecule is COC[C@@H]1CCCCN1Cc1ccc(CCC(C)(C)O)cc1. The number of benzene rings is 1. The van der Waals surface area contributed by atoms with Crippen molar-refractivity contribution >= 4 is 0 Å². The fraction of sp³-hybridized carbons (Fsp3) is 0.684. The minimum atomic E-state index is -0.583. The Bertz CT molecular complexity index is 434. The normalized spacial score (nSPS) is 20.3. The molecule has 0 radical (unpaired) electrons. The van der Waals surface area contributed by atoms with Crippen LogP contribution in [0.15, 0.2) is 24.3 Å². The maximum Gasteiger partial charge on any atom is 0.0618 e. The second-order valence-electron chi connectivity index (χ2n) is 7.20. The minimum Gasteiger partial charge on any atom is -0.390 e. The molecular weight excluding hydrogens is 274 g/mol. The Morgan fingerprint density at radius 1 is 1.18 bits per heavy atom. The Kier molecular flexibility index (Phi) is 6.42. The van der Waals surface area contributed by atoms with E-state index < -0.39 is 5.60 Å². The Labute approximate surface area is 135 Å². The molecule has 1 aliphatic rings. The average Bonchev–Trinajstić information content (AvgIpc) is 2.48. The molecule has 0 unspecified atom stereocenters. The van der Waals surface area contributed by atoms with Crippen LogP contribution in [0.4, 0.5) is 0 Å². The van der Waals surface area contributed by atoms with Crippen molar-refractivity contribution in [2.24, 2.45) is 0 Å². The molecule has 0 amide bonds. The van der Waals surface area contributed by atoms with Gasteiger partial charge in [0.05, 0.1) is 12.2 Å². The summed E-state index contributed by atoms with van der Waals surface area (Å²) < 4.78 is 5.37. The predicted octanol–water partition coefficient (Wildman–Crippen LogP) is 3.39. The van der Waals surface area contributed by atoms with Gasteiger partial charge in [0, 0.05) is 19.7 Å². The number of piperidine rings is 1. The van der Waals surface area contributed by atoms with E-state index in [1.54, 1.807) is 7.11 Å². The smallest absolute Gasteiger partial charge is 0.0618 e. The molecule has 3 heteroatoms. The van der Waals surface area contributed by atoms with Crippen molar-refractivity contribution in [3.63, 3.8) is 0 Å². The summed E-state index contributed by atoms with van der Waals surface area (Å²) in [6.07, 6.45) is 5.59. The summed E-state index contributed by atoms with van der Waals surface area (Å²) >= 11 is 0. The second-order valence-corrected chi connectivity index (χ2v) is 7.20. The van der Waals surface area contributed by atoms with E-state index in [1.807, 2.05) is 13.8 Å². The van der Waals surface area contributed by atoms with Gasteiger partial charge in [-0.2, -0.15) is 0 Å². The Morgan fingerprint density at radius 2 is 1.86 bits per heavy atom. The van der Waals surface area contributed by atoms with E-state index in [9.17, 15) is 5.11 Å². The van der Waals surface area contributed by atoms with Gasteiger partial charge in [0.1, 0.15) is 0 Å². The molecule has 1 aromatic carbocycles. The first-order valence-electron chi connectivity index (χ1n) is 8.51. The van der Waals surface area contributed by atoms with Gasteiger partial charge in [-0.15, -0.1) is 0 Å². The fourth-order valence-corrected chi connectivity index (χ4v) is 3.15. The molecule has 3 nitrogen and oxygen atoms in total. The van der Waals surface area contributed by atoms with Crippen LogP contribution in [-0.2, 0) is 17.7 Å². The molecule has 0 spiro atoms. The molecule has 0 saturated carbocycles. The van der Waals surface area contributed by atoms with E-state index in [0.717, 1.165) is 26.0 Å². The third-order valence-electron chi connectivity index (χ3n) is 4.54. The number of ether oxygens (including phenoxy) is 1. The van der Waals surface area contributed by atoms with Gasteiger partial charge in [-0.1, -0.05) is 30.7 Å². The van der Waals surface area contributed by atoms with E-state index >= 15 is 0 Å². The van der Waals surface area contributed by atoms with Crippen LogP contribution in [0, 0.1) is 0 Å². The van der Waals surface area contributed by atoms with Gasteiger partial charge in [-0.3, -0.25) is 4.90 Å². The lowest BCUT2D eigenvalue weighted by Crippen LogP contribution is -2.41. The van der Waals surface area contributed by atoms with Crippen molar-refractivity contribution in [2.75, 3.05) is 20.3 Å². The first kappa shape index (κ1) is 17.5. The molecule has 1 aromatic rings. The van der Waals surface area contributed by atoms with Gasteiger partial charge in [0.15, 0.2) is 0 Å². The molecule has 1 N–H and O–H groups in total. The highest BCUT2D eigenvalue weighted by atomic mass is 16.5. The van der Waals surface area contributed by atoms with Crippen molar-refractivity contribution in [1.29, 1.82) is 0 Å². The van der Waals surface area contributed by atoms with Crippen LogP contribution in [0.1, 0.15) is 50.7 Å². The van der Waals surface area contributed by atoms with Crippen molar-refractivity contribution < 1.29 is 9.84 Å². The second kappa shape index (κ2) is 8.09. The number of aryl methyl sites for hydroxylation is 1. The standard InChI is InChI=1S/C19H31NO2/c1-19(2,21)12-11-16-7-9-17(10-8-16)14-20-13-5-4-6-18(20)15-22-3/h7-10,18,21H,4-6,11-15H2,1-3H3/t18-/m0/s1. The maximum absolute atomic E-state index is 9.81. The molecule has 0 aromatic heterocycles. The molecule has 1 aliphatic heterocycles. The van der Waals surface area contributed by atoms with Crippen molar-refractivity contribution in [3.8, 4) is 0 Å². The summed E-state index contributed by atoms with van der Waals surface area (Å²) in [4.78, 5) is 2.55. The zero-order chi connectivity index (χ0) is 16.0. The van der Waals surface area contributed by atoms with Crippen LogP contribution in [-0.4, -0.2) is 41.9 Å². The topological polar surface area (TPSA) is 32.7 Å². The average molecular weight is 305 g/mol. The number of hydrogen-bond donors (Lipinski definition) is 1. The van der Waals surface area contributed by atoms with E-state index in [2.05, 4.69) is 29.2 Å². The van der Waals surface area contributed by atoms with Crippen molar-refractivity contribution in [2.45, 2.75) is 64.1 Å². The summed E-state index contributed by atoms with van der Waals surface area (Å²) in [7, 11) is 1.80. The molecule has 1 atom stereocenters. The highest BCUT2D eigenvalue weighted by Crippen LogP contribution is 2.20. The van der Waals surface area contributed by atoms with Crippen LogP contribution >= 0.6 is 0 Å². The molecule has 2 rings (SSSR count). The van der Waals surface area contributed by atoms with Crippen LogP contribution in [0.25, 0.3) is 0 Å². The number of hydrogen-bond acceptors (Lipinski definition) is 3. The van der Waals surface area contributed by atoms with Gasteiger partial charge in [0.2, 0.25) is 0 Å². The highest BCUT2D eigenvalue weighted by molar-refractivity contribution is 5.23. The Morgan fingerprint density at radius 3 is 2.50 bits per heavy atom. The number of aliphatic hydroxyl groups is 1. The molecular formula is C19H31NO2. The summed E-state index contributed by atoms with van der Waals surface area (Å²) in [5, 5.41) is 9.81. The summed E-state index contributed by atoms with van der Waals surface area (Å²) in [5.41, 5.74) is 2.09. The molecule has 1 saturated heterocycles. The summed E-state index contributed by atoms with van der Waals surface area (Å²) in [6.45, 7) is 6.76. The van der Waals surface area contributed by atoms with Crippen LogP contribution < -0.4 is 0 Å². The number of methoxy groups -OCH3 is 1. The summed E-state index contributed by atoms with van der Waals surface area (Å²) in [5.74, 6) is 0. The maximum atomic E-state index is 9.81. The lowest BCUT2D eigenvalue weighted by atomic mass is 9.98. The van der Waals surface area contributed by atoms with Gasteiger partial charge in [-0.25, -0.2) is 0 Å². The van der Waals surface area contributed by atoms with Crippen molar-refractivity contribution in [3.05, 3.63) is 35.4 Å². The molecule has 0 bridgehead atoms. The highest BCUT2D eigenvalue weighted by Gasteiger charge is 2.22. The molecule has 22 heavy (non-hydrogen) atoms. The lowest BCUT2D eigenvalue weighted by molar-refractivity contribution is 0.0600. The van der Waals surface area contributed by atoms with E-state index in [0.29, 0.717) is 6.04 Å². The van der Waals surface area contributed by atoms with Crippen LogP contribution in [0.5, 0.6) is 0 Å². The molecule has 1 heterocycles. The third kappa shape index (κ3) is 5.71. The van der Waals surface area contributed by atoms with Crippen LogP contribution in [0.2, 0.25) is 0 Å².